The van der Waals surface area contributed by atoms with Crippen LogP contribution < -0.4 is 0 Å². The second-order valence-electron chi connectivity index (χ2n) is 6.28. The molecule has 0 fully saturated rings. The lowest BCUT2D eigenvalue weighted by atomic mass is 10.1. The molecule has 0 aliphatic heterocycles. The van der Waals surface area contributed by atoms with E-state index < -0.39 is 14.4 Å². The van der Waals surface area contributed by atoms with Crippen LogP contribution in [0.25, 0.3) is 0 Å². The van der Waals surface area contributed by atoms with Gasteiger partial charge in [-0.25, -0.2) is 0 Å². The maximum absolute atomic E-state index is 9.84. The highest BCUT2D eigenvalue weighted by Crippen LogP contribution is 2.26. The molecule has 0 unspecified atom stereocenters. The summed E-state index contributed by atoms with van der Waals surface area (Å²) in [5, 5.41) is 9.84. The molecule has 25 heavy (non-hydrogen) atoms. The van der Waals surface area contributed by atoms with Gasteiger partial charge in [-0.3, -0.25) is 0 Å². The molecule has 0 heterocycles. The van der Waals surface area contributed by atoms with E-state index in [1.807, 2.05) is 30.3 Å². The minimum Gasteiger partial charge on any atom is -0.408 e. The Kier molecular flexibility index (Phi) is 10.2. The van der Waals surface area contributed by atoms with E-state index in [2.05, 4.69) is 27.4 Å². The fourth-order valence-corrected chi connectivity index (χ4v) is 5.87. The summed E-state index contributed by atoms with van der Waals surface area (Å²) in [6, 6.07) is 13.1. The van der Waals surface area contributed by atoms with Crippen molar-refractivity contribution in [2.75, 3.05) is 13.7 Å². The van der Waals surface area contributed by atoms with Gasteiger partial charge in [0.25, 0.3) is 0 Å². The predicted octanol–water partition coefficient (Wildman–Crippen LogP) is 4.16. The number of ether oxygens (including phenoxy) is 2. The standard InChI is InChI=1S/C20H34O4Si/c1-6-18(24-25(7-2,8-3)9-4)20(22-5)19(15-21)23-16-17-13-11-10-12-14-17/h6,10-14,18-21H,1,7-9,15-16H2,2-5H3/t18-,19-,20-/m1/s1. The van der Waals surface area contributed by atoms with Crippen LogP contribution in [-0.4, -0.2) is 45.5 Å². The molecule has 1 aromatic rings. The van der Waals surface area contributed by atoms with Gasteiger partial charge >= 0.3 is 0 Å². The molecule has 0 aliphatic carbocycles. The fraction of sp³-hybridized carbons (Fsp3) is 0.600. The summed E-state index contributed by atoms with van der Waals surface area (Å²) in [4.78, 5) is 0. The molecule has 1 rings (SSSR count). The molecule has 0 saturated heterocycles. The van der Waals surface area contributed by atoms with Crippen LogP contribution in [0.1, 0.15) is 26.3 Å². The van der Waals surface area contributed by atoms with Crippen LogP contribution in [0.5, 0.6) is 0 Å². The summed E-state index contributed by atoms with van der Waals surface area (Å²) < 4.78 is 18.1. The van der Waals surface area contributed by atoms with E-state index >= 15 is 0 Å². The maximum Gasteiger partial charge on any atom is 0.193 e. The summed E-state index contributed by atoms with van der Waals surface area (Å²) in [6.07, 6.45) is 0.642. The van der Waals surface area contributed by atoms with Gasteiger partial charge in [-0.05, 0) is 23.7 Å². The zero-order chi connectivity index (χ0) is 18.7. The molecule has 5 heteroatoms. The summed E-state index contributed by atoms with van der Waals surface area (Å²) in [6.45, 7) is 10.8. The van der Waals surface area contributed by atoms with E-state index in [9.17, 15) is 5.11 Å². The first-order valence-electron chi connectivity index (χ1n) is 9.19. The number of hydrogen-bond donors (Lipinski definition) is 1. The fourth-order valence-electron chi connectivity index (χ4n) is 3.06. The van der Waals surface area contributed by atoms with E-state index in [1.165, 1.54) is 0 Å². The Morgan fingerprint density at radius 1 is 1.12 bits per heavy atom. The highest BCUT2D eigenvalue weighted by atomic mass is 28.4. The second-order valence-corrected chi connectivity index (χ2v) is 11.0. The van der Waals surface area contributed by atoms with Gasteiger partial charge in [-0.1, -0.05) is 57.2 Å². The van der Waals surface area contributed by atoms with Crippen LogP contribution >= 0.6 is 0 Å². The average Bonchev–Trinajstić information content (AvgIpc) is 2.68. The van der Waals surface area contributed by atoms with Crippen molar-refractivity contribution in [3.05, 3.63) is 48.6 Å². The molecule has 1 aromatic carbocycles. The number of aliphatic hydroxyl groups is 1. The Hall–Kier alpha value is -0.983. The smallest absolute Gasteiger partial charge is 0.193 e. The first-order chi connectivity index (χ1) is 12.1. The van der Waals surface area contributed by atoms with Crippen molar-refractivity contribution in [2.45, 2.75) is 63.8 Å². The van der Waals surface area contributed by atoms with Crippen molar-refractivity contribution >= 4 is 8.32 Å². The quantitative estimate of drug-likeness (QED) is 0.421. The van der Waals surface area contributed by atoms with Gasteiger partial charge in [-0.15, -0.1) is 6.58 Å². The van der Waals surface area contributed by atoms with Crippen molar-refractivity contribution in [2.24, 2.45) is 0 Å². The van der Waals surface area contributed by atoms with Crippen LogP contribution in [0.4, 0.5) is 0 Å². The van der Waals surface area contributed by atoms with Crippen LogP contribution in [0.15, 0.2) is 43.0 Å². The minimum atomic E-state index is -1.81. The van der Waals surface area contributed by atoms with Crippen molar-refractivity contribution in [3.8, 4) is 0 Å². The Morgan fingerprint density at radius 3 is 2.16 bits per heavy atom. The van der Waals surface area contributed by atoms with E-state index in [0.29, 0.717) is 6.61 Å². The lowest BCUT2D eigenvalue weighted by Crippen LogP contribution is -2.49. The van der Waals surface area contributed by atoms with Gasteiger partial charge in [0.1, 0.15) is 12.2 Å². The lowest BCUT2D eigenvalue weighted by Gasteiger charge is -2.37. The van der Waals surface area contributed by atoms with E-state index in [4.69, 9.17) is 13.9 Å². The van der Waals surface area contributed by atoms with Crippen molar-refractivity contribution in [1.29, 1.82) is 0 Å². The monoisotopic (exact) mass is 366 g/mol. The second kappa shape index (κ2) is 11.6. The molecule has 1 N–H and O–H groups in total. The number of aliphatic hydroxyl groups excluding tert-OH is 1. The summed E-state index contributed by atoms with van der Waals surface area (Å²) in [7, 11) is -0.183. The molecular formula is C20H34O4Si. The van der Waals surface area contributed by atoms with Crippen molar-refractivity contribution in [1.82, 2.24) is 0 Å². The van der Waals surface area contributed by atoms with Crippen LogP contribution in [0.2, 0.25) is 18.1 Å². The molecule has 142 valence electrons. The van der Waals surface area contributed by atoms with E-state index in [-0.39, 0.29) is 18.8 Å². The van der Waals surface area contributed by atoms with Crippen LogP contribution in [0.3, 0.4) is 0 Å². The summed E-state index contributed by atoms with van der Waals surface area (Å²) in [5.41, 5.74) is 1.06. The zero-order valence-electron chi connectivity index (χ0n) is 16.1. The molecule has 3 atom stereocenters. The Labute approximate surface area is 153 Å². The predicted molar refractivity (Wildman–Crippen MR) is 105 cm³/mol. The number of benzene rings is 1. The first-order valence-corrected chi connectivity index (χ1v) is 11.7. The highest BCUT2D eigenvalue weighted by Gasteiger charge is 2.37. The average molecular weight is 367 g/mol. The van der Waals surface area contributed by atoms with Gasteiger partial charge in [0.2, 0.25) is 0 Å². The molecule has 0 radical (unpaired) electrons. The third-order valence-corrected chi connectivity index (χ3v) is 9.64. The van der Waals surface area contributed by atoms with Crippen LogP contribution in [-0.2, 0) is 20.5 Å². The number of methoxy groups -OCH3 is 1. The molecule has 0 saturated carbocycles. The maximum atomic E-state index is 9.84. The highest BCUT2D eigenvalue weighted by molar-refractivity contribution is 6.73. The van der Waals surface area contributed by atoms with Gasteiger partial charge in [0.05, 0.1) is 19.3 Å². The molecule has 0 amide bonds. The molecule has 0 aromatic heterocycles. The van der Waals surface area contributed by atoms with Crippen molar-refractivity contribution in [3.63, 3.8) is 0 Å². The molecular weight excluding hydrogens is 332 g/mol. The van der Waals surface area contributed by atoms with Crippen molar-refractivity contribution < 1.29 is 19.0 Å². The molecule has 4 nitrogen and oxygen atoms in total. The Balaban J connectivity index is 2.84. The zero-order valence-corrected chi connectivity index (χ0v) is 17.1. The van der Waals surface area contributed by atoms with E-state index in [0.717, 1.165) is 23.7 Å². The summed E-state index contributed by atoms with van der Waals surface area (Å²) in [5.74, 6) is 0. The SMILES string of the molecule is C=C[C@@H](O[Si](CC)(CC)CC)[C@@H](OC)[C@@H](CO)OCc1ccccc1. The third kappa shape index (κ3) is 6.35. The Morgan fingerprint density at radius 2 is 1.72 bits per heavy atom. The third-order valence-electron chi connectivity index (χ3n) is 5.00. The van der Waals surface area contributed by atoms with Gasteiger partial charge in [0.15, 0.2) is 8.32 Å². The topological polar surface area (TPSA) is 47.9 Å². The number of rotatable bonds is 13. The van der Waals surface area contributed by atoms with Gasteiger partial charge in [0, 0.05) is 7.11 Å². The number of hydrogen-bond acceptors (Lipinski definition) is 4. The first kappa shape index (κ1) is 22.1. The Bertz CT molecular complexity index is 468. The minimum absolute atomic E-state index is 0.127. The van der Waals surface area contributed by atoms with Crippen LogP contribution in [0, 0.1) is 0 Å². The molecule has 0 spiro atoms. The van der Waals surface area contributed by atoms with E-state index in [1.54, 1.807) is 13.2 Å². The summed E-state index contributed by atoms with van der Waals surface area (Å²) >= 11 is 0. The normalized spacial score (nSPS) is 15.6. The molecule has 0 bridgehead atoms. The van der Waals surface area contributed by atoms with Gasteiger partial charge < -0.3 is 19.0 Å². The largest absolute Gasteiger partial charge is 0.408 e. The van der Waals surface area contributed by atoms with Gasteiger partial charge in [-0.2, -0.15) is 0 Å². The lowest BCUT2D eigenvalue weighted by molar-refractivity contribution is -0.113. The molecule has 0 aliphatic rings.